The van der Waals surface area contributed by atoms with Crippen LogP contribution in [0.1, 0.15) is 48.4 Å². The molecule has 0 bridgehead atoms. The molecule has 1 aliphatic heterocycles. The average molecular weight is 447 g/mol. The Labute approximate surface area is 191 Å². The number of hydrogen-bond donors (Lipinski definition) is 1. The van der Waals surface area contributed by atoms with Gasteiger partial charge in [-0.1, -0.05) is 18.2 Å². The predicted octanol–water partition coefficient (Wildman–Crippen LogP) is 3.12. The number of furan rings is 1. The lowest BCUT2D eigenvalue weighted by Gasteiger charge is -2.23. The summed E-state index contributed by atoms with van der Waals surface area (Å²) in [4.78, 5) is 41.6. The third-order valence-corrected chi connectivity index (χ3v) is 5.68. The van der Waals surface area contributed by atoms with Gasteiger partial charge >= 0.3 is 0 Å². The van der Waals surface area contributed by atoms with Crippen molar-refractivity contribution in [3.63, 3.8) is 0 Å². The highest BCUT2D eigenvalue weighted by Gasteiger charge is 2.35. The number of likely N-dealkylation sites (N-methyl/N-ethyl adjacent to an activating group) is 1. The maximum Gasteiger partial charge on any atom is 0.261 e. The maximum absolute atomic E-state index is 13.0. The van der Waals surface area contributed by atoms with Crippen LogP contribution in [-0.2, 0) is 6.54 Å². The van der Waals surface area contributed by atoms with Crippen LogP contribution in [0, 0.1) is 0 Å². The van der Waals surface area contributed by atoms with E-state index in [0.717, 1.165) is 5.76 Å². The molecule has 2 aromatic carbocycles. The molecule has 8 heteroatoms. The van der Waals surface area contributed by atoms with E-state index in [4.69, 9.17) is 9.15 Å². The van der Waals surface area contributed by atoms with Crippen LogP contribution in [0.5, 0.6) is 5.75 Å². The van der Waals surface area contributed by atoms with Crippen molar-refractivity contribution in [2.45, 2.75) is 12.6 Å². The zero-order valence-electron chi connectivity index (χ0n) is 18.7. The Morgan fingerprint density at radius 3 is 2.33 bits per heavy atom. The number of methoxy groups -OCH3 is 1. The second kappa shape index (κ2) is 9.30. The summed E-state index contributed by atoms with van der Waals surface area (Å²) in [5, 5.41) is 2.93. The number of carbonyl (C=O) groups excluding carboxylic acids is 3. The summed E-state index contributed by atoms with van der Waals surface area (Å²) in [7, 11) is 5.30. The van der Waals surface area contributed by atoms with Gasteiger partial charge in [-0.15, -0.1) is 0 Å². The van der Waals surface area contributed by atoms with Gasteiger partial charge in [-0.2, -0.15) is 0 Å². The van der Waals surface area contributed by atoms with E-state index in [1.54, 1.807) is 54.8 Å². The van der Waals surface area contributed by atoms with Crippen molar-refractivity contribution < 1.29 is 23.5 Å². The van der Waals surface area contributed by atoms with Crippen LogP contribution in [0.2, 0.25) is 0 Å². The first-order valence-corrected chi connectivity index (χ1v) is 10.5. The van der Waals surface area contributed by atoms with Gasteiger partial charge in [0.15, 0.2) is 0 Å². The third kappa shape index (κ3) is 4.38. The Balaban J connectivity index is 1.52. The van der Waals surface area contributed by atoms with Crippen molar-refractivity contribution in [1.82, 2.24) is 15.1 Å². The van der Waals surface area contributed by atoms with Gasteiger partial charge in [0.05, 0.1) is 42.6 Å². The summed E-state index contributed by atoms with van der Waals surface area (Å²) in [6.45, 7) is 0.383. The van der Waals surface area contributed by atoms with Gasteiger partial charge in [0.1, 0.15) is 11.5 Å². The van der Waals surface area contributed by atoms with E-state index in [9.17, 15) is 14.4 Å². The standard InChI is InChI=1S/C25H25N3O5/c1-27(2)20(22-9-6-12-33-22)14-26-23(29)19-13-16(10-11-21(19)32-3)15-28-24(30)17-7-4-5-8-18(17)25(28)31/h4-13,20H,14-15H2,1-3H3,(H,26,29). The second-order valence-corrected chi connectivity index (χ2v) is 7.98. The molecular formula is C25H25N3O5. The van der Waals surface area contributed by atoms with E-state index in [0.29, 0.717) is 34.5 Å². The molecule has 1 atom stereocenters. The molecule has 8 nitrogen and oxygen atoms in total. The summed E-state index contributed by atoms with van der Waals surface area (Å²) in [6, 6.07) is 15.3. The second-order valence-electron chi connectivity index (χ2n) is 7.98. The fraction of sp³-hybridized carbons (Fsp3) is 0.240. The van der Waals surface area contributed by atoms with Crippen molar-refractivity contribution in [3.8, 4) is 5.75 Å². The first-order valence-electron chi connectivity index (χ1n) is 10.5. The summed E-state index contributed by atoms with van der Waals surface area (Å²) < 4.78 is 10.9. The molecule has 1 aliphatic rings. The lowest BCUT2D eigenvalue weighted by molar-refractivity contribution is 0.0642. The van der Waals surface area contributed by atoms with E-state index in [2.05, 4.69) is 5.32 Å². The van der Waals surface area contributed by atoms with Crippen LogP contribution in [-0.4, -0.2) is 55.3 Å². The van der Waals surface area contributed by atoms with Crippen molar-refractivity contribution in [1.29, 1.82) is 0 Å². The lowest BCUT2D eigenvalue weighted by Crippen LogP contribution is -2.34. The first-order chi connectivity index (χ1) is 15.9. The minimum Gasteiger partial charge on any atom is -0.496 e. The molecule has 1 unspecified atom stereocenters. The Hall–Kier alpha value is -3.91. The highest BCUT2D eigenvalue weighted by molar-refractivity contribution is 6.21. The SMILES string of the molecule is COc1ccc(CN2C(=O)c3ccccc3C2=O)cc1C(=O)NCC(c1ccco1)N(C)C. The number of imide groups is 1. The number of rotatable bonds is 8. The van der Waals surface area contributed by atoms with Crippen LogP contribution < -0.4 is 10.1 Å². The van der Waals surface area contributed by atoms with Crippen LogP contribution in [0.25, 0.3) is 0 Å². The molecule has 0 fully saturated rings. The average Bonchev–Trinajstić information content (AvgIpc) is 3.43. The van der Waals surface area contributed by atoms with Crippen LogP contribution in [0.15, 0.2) is 65.3 Å². The van der Waals surface area contributed by atoms with E-state index >= 15 is 0 Å². The van der Waals surface area contributed by atoms with E-state index in [1.807, 2.05) is 25.1 Å². The number of nitrogens with one attached hydrogen (secondary N) is 1. The predicted molar refractivity (Wildman–Crippen MR) is 121 cm³/mol. The summed E-state index contributed by atoms with van der Waals surface area (Å²) >= 11 is 0. The molecule has 0 radical (unpaired) electrons. The molecule has 0 saturated heterocycles. The van der Waals surface area contributed by atoms with Crippen molar-refractivity contribution in [2.75, 3.05) is 27.7 Å². The molecule has 33 heavy (non-hydrogen) atoms. The highest BCUT2D eigenvalue weighted by atomic mass is 16.5. The van der Waals surface area contributed by atoms with Crippen LogP contribution in [0.3, 0.4) is 0 Å². The van der Waals surface area contributed by atoms with Gasteiger partial charge < -0.3 is 14.5 Å². The highest BCUT2D eigenvalue weighted by Crippen LogP contribution is 2.26. The largest absolute Gasteiger partial charge is 0.496 e. The van der Waals surface area contributed by atoms with Gasteiger partial charge in [-0.3, -0.25) is 24.2 Å². The lowest BCUT2D eigenvalue weighted by atomic mass is 10.1. The van der Waals surface area contributed by atoms with E-state index < -0.39 is 0 Å². The van der Waals surface area contributed by atoms with Gasteiger partial charge in [0, 0.05) is 6.54 Å². The van der Waals surface area contributed by atoms with Crippen molar-refractivity contribution in [2.24, 2.45) is 0 Å². The Bertz CT molecular complexity index is 1150. The Morgan fingerprint density at radius 2 is 1.76 bits per heavy atom. The Kier molecular flexibility index (Phi) is 6.28. The number of carbonyl (C=O) groups is 3. The van der Waals surface area contributed by atoms with Crippen molar-refractivity contribution in [3.05, 3.63) is 88.9 Å². The molecule has 4 rings (SSSR count). The molecule has 1 N–H and O–H groups in total. The van der Waals surface area contributed by atoms with Gasteiger partial charge in [-0.05, 0) is 56.1 Å². The maximum atomic E-state index is 13.0. The molecule has 1 aromatic heterocycles. The fourth-order valence-corrected chi connectivity index (χ4v) is 3.90. The summed E-state index contributed by atoms with van der Waals surface area (Å²) in [5.41, 5.74) is 1.75. The minimum atomic E-state index is -0.343. The van der Waals surface area contributed by atoms with Gasteiger partial charge in [0.25, 0.3) is 17.7 Å². The first kappa shape index (κ1) is 22.3. The zero-order chi connectivity index (χ0) is 23.5. The van der Waals surface area contributed by atoms with Gasteiger partial charge in [0.2, 0.25) is 0 Å². The molecule has 170 valence electrons. The van der Waals surface area contributed by atoms with Crippen LogP contribution >= 0.6 is 0 Å². The molecule has 0 spiro atoms. The summed E-state index contributed by atoms with van der Waals surface area (Å²) in [5.74, 6) is 0.133. The Morgan fingerprint density at radius 1 is 1.06 bits per heavy atom. The molecule has 3 amide bonds. The van der Waals surface area contributed by atoms with Gasteiger partial charge in [-0.25, -0.2) is 0 Å². The number of nitrogens with zero attached hydrogens (tertiary/aromatic N) is 2. The molecule has 0 aliphatic carbocycles. The summed E-state index contributed by atoms with van der Waals surface area (Å²) in [6.07, 6.45) is 1.60. The number of amides is 3. The fourth-order valence-electron chi connectivity index (χ4n) is 3.90. The topological polar surface area (TPSA) is 92.1 Å². The number of ether oxygens (including phenoxy) is 1. The normalized spacial score (nSPS) is 13.9. The number of fused-ring (bicyclic) bond motifs is 1. The van der Waals surface area contributed by atoms with E-state index in [-0.39, 0.29) is 30.3 Å². The molecule has 3 aromatic rings. The number of benzene rings is 2. The monoisotopic (exact) mass is 447 g/mol. The smallest absolute Gasteiger partial charge is 0.261 e. The third-order valence-electron chi connectivity index (χ3n) is 5.68. The van der Waals surface area contributed by atoms with E-state index in [1.165, 1.54) is 12.0 Å². The minimum absolute atomic E-state index is 0.0589. The molecule has 0 saturated carbocycles. The quantitative estimate of drug-likeness (QED) is 0.534. The number of hydrogen-bond acceptors (Lipinski definition) is 6. The molecule has 2 heterocycles. The van der Waals surface area contributed by atoms with Crippen molar-refractivity contribution >= 4 is 17.7 Å². The molecular weight excluding hydrogens is 422 g/mol. The zero-order valence-corrected chi connectivity index (χ0v) is 18.7. The van der Waals surface area contributed by atoms with Crippen LogP contribution in [0.4, 0.5) is 0 Å².